The minimum atomic E-state index is 0.105. The highest BCUT2D eigenvalue weighted by Gasteiger charge is 2.31. The van der Waals surface area contributed by atoms with E-state index in [1.807, 2.05) is 0 Å². The Balaban J connectivity index is 2.21. The Morgan fingerprint density at radius 1 is 1.36 bits per heavy atom. The van der Waals surface area contributed by atoms with Gasteiger partial charge in [-0.15, -0.1) is 0 Å². The average molecular weight is 199 g/mol. The molecule has 2 heteroatoms. The van der Waals surface area contributed by atoms with E-state index in [4.69, 9.17) is 4.74 Å². The molecule has 0 aliphatic carbocycles. The zero-order valence-corrected chi connectivity index (χ0v) is 10.3. The van der Waals surface area contributed by atoms with Crippen LogP contribution in [0.1, 0.15) is 47.5 Å². The summed E-state index contributed by atoms with van der Waals surface area (Å²) in [5.41, 5.74) is 0.105. The van der Waals surface area contributed by atoms with Gasteiger partial charge in [-0.3, -0.25) is 0 Å². The summed E-state index contributed by atoms with van der Waals surface area (Å²) in [4.78, 5) is 0. The normalized spacial score (nSPS) is 28.3. The summed E-state index contributed by atoms with van der Waals surface area (Å²) < 4.78 is 5.92. The Morgan fingerprint density at radius 2 is 2.00 bits per heavy atom. The van der Waals surface area contributed by atoms with Gasteiger partial charge in [-0.1, -0.05) is 13.8 Å². The molecule has 2 atom stereocenters. The maximum absolute atomic E-state index is 5.92. The Bertz CT molecular complexity index is 177. The minimum absolute atomic E-state index is 0.105. The van der Waals surface area contributed by atoms with E-state index >= 15 is 0 Å². The fourth-order valence-corrected chi connectivity index (χ4v) is 1.77. The monoisotopic (exact) mass is 199 g/mol. The first-order chi connectivity index (χ1) is 6.41. The van der Waals surface area contributed by atoms with Gasteiger partial charge in [-0.25, -0.2) is 0 Å². The van der Waals surface area contributed by atoms with Crippen LogP contribution in [0.25, 0.3) is 0 Å². The van der Waals surface area contributed by atoms with E-state index in [0.29, 0.717) is 18.1 Å². The lowest BCUT2D eigenvalue weighted by Crippen LogP contribution is -2.37. The summed E-state index contributed by atoms with van der Waals surface area (Å²) in [7, 11) is 0. The number of hydrogen-bond acceptors (Lipinski definition) is 2. The maximum atomic E-state index is 5.92. The number of rotatable bonds is 4. The third kappa shape index (κ3) is 3.58. The second-order valence-electron chi connectivity index (χ2n) is 5.48. The van der Waals surface area contributed by atoms with E-state index in [0.717, 1.165) is 6.54 Å². The van der Waals surface area contributed by atoms with Crippen LogP contribution in [0.15, 0.2) is 0 Å². The second kappa shape index (κ2) is 4.63. The SMILES string of the molecule is CC(C)C(C)NCC1CCC(C)(C)O1. The molecule has 2 unspecified atom stereocenters. The summed E-state index contributed by atoms with van der Waals surface area (Å²) in [5.74, 6) is 0.699. The molecule has 0 radical (unpaired) electrons. The molecule has 0 aromatic carbocycles. The van der Waals surface area contributed by atoms with Crippen LogP contribution in [-0.4, -0.2) is 24.3 Å². The highest BCUT2D eigenvalue weighted by molar-refractivity contribution is 4.82. The van der Waals surface area contributed by atoms with Crippen LogP contribution in [0.3, 0.4) is 0 Å². The van der Waals surface area contributed by atoms with Crippen LogP contribution in [0.5, 0.6) is 0 Å². The fraction of sp³-hybridized carbons (Fsp3) is 1.00. The molecule has 1 aliphatic rings. The van der Waals surface area contributed by atoms with Gasteiger partial charge in [0, 0.05) is 12.6 Å². The van der Waals surface area contributed by atoms with Crippen molar-refractivity contribution in [1.82, 2.24) is 5.32 Å². The predicted molar refractivity (Wildman–Crippen MR) is 60.5 cm³/mol. The summed E-state index contributed by atoms with van der Waals surface area (Å²) in [5, 5.41) is 3.54. The van der Waals surface area contributed by atoms with Gasteiger partial charge in [0.05, 0.1) is 11.7 Å². The molecule has 1 aliphatic heterocycles. The van der Waals surface area contributed by atoms with Gasteiger partial charge in [-0.05, 0) is 39.5 Å². The Hall–Kier alpha value is -0.0800. The molecule has 1 saturated heterocycles. The molecular weight excluding hydrogens is 174 g/mol. The van der Waals surface area contributed by atoms with Crippen molar-refractivity contribution >= 4 is 0 Å². The first kappa shape index (κ1) is 12.0. The summed E-state index contributed by atoms with van der Waals surface area (Å²) >= 11 is 0. The van der Waals surface area contributed by atoms with Gasteiger partial charge in [0.2, 0.25) is 0 Å². The van der Waals surface area contributed by atoms with Crippen LogP contribution in [0.2, 0.25) is 0 Å². The van der Waals surface area contributed by atoms with Crippen molar-refractivity contribution in [3.63, 3.8) is 0 Å². The van der Waals surface area contributed by atoms with E-state index in [1.54, 1.807) is 0 Å². The minimum Gasteiger partial charge on any atom is -0.371 e. The molecule has 1 rings (SSSR count). The topological polar surface area (TPSA) is 21.3 Å². The number of nitrogens with one attached hydrogen (secondary N) is 1. The van der Waals surface area contributed by atoms with E-state index in [1.165, 1.54) is 12.8 Å². The first-order valence-corrected chi connectivity index (χ1v) is 5.82. The summed E-state index contributed by atoms with van der Waals surface area (Å²) in [6.45, 7) is 12.1. The Kier molecular flexibility index (Phi) is 3.96. The van der Waals surface area contributed by atoms with Crippen LogP contribution in [-0.2, 0) is 4.74 Å². The largest absolute Gasteiger partial charge is 0.371 e. The van der Waals surface area contributed by atoms with Crippen LogP contribution < -0.4 is 5.32 Å². The Morgan fingerprint density at radius 3 is 2.43 bits per heavy atom. The molecule has 14 heavy (non-hydrogen) atoms. The van der Waals surface area contributed by atoms with Crippen molar-refractivity contribution in [2.45, 2.75) is 65.2 Å². The van der Waals surface area contributed by atoms with Gasteiger partial charge in [0.25, 0.3) is 0 Å². The van der Waals surface area contributed by atoms with Crippen molar-refractivity contribution in [3.8, 4) is 0 Å². The molecule has 0 spiro atoms. The van der Waals surface area contributed by atoms with E-state index in [9.17, 15) is 0 Å². The number of hydrogen-bond donors (Lipinski definition) is 1. The van der Waals surface area contributed by atoms with Gasteiger partial charge >= 0.3 is 0 Å². The molecule has 0 aromatic heterocycles. The van der Waals surface area contributed by atoms with Crippen LogP contribution >= 0.6 is 0 Å². The predicted octanol–water partition coefficient (Wildman–Crippen LogP) is 2.58. The van der Waals surface area contributed by atoms with Crippen molar-refractivity contribution in [2.24, 2.45) is 5.92 Å². The molecule has 2 nitrogen and oxygen atoms in total. The molecule has 0 aromatic rings. The molecule has 1 N–H and O–H groups in total. The lowest BCUT2D eigenvalue weighted by molar-refractivity contribution is -0.0154. The second-order valence-corrected chi connectivity index (χ2v) is 5.48. The van der Waals surface area contributed by atoms with Gasteiger partial charge in [-0.2, -0.15) is 0 Å². The molecule has 84 valence electrons. The molecular formula is C12H25NO. The van der Waals surface area contributed by atoms with Crippen molar-refractivity contribution < 1.29 is 4.74 Å². The lowest BCUT2D eigenvalue weighted by Gasteiger charge is -2.22. The molecule has 0 saturated carbocycles. The molecule has 1 heterocycles. The summed E-state index contributed by atoms with van der Waals surface area (Å²) in [6, 6.07) is 0.585. The third-order valence-electron chi connectivity index (χ3n) is 3.22. The molecule has 1 fully saturated rings. The van der Waals surface area contributed by atoms with Gasteiger partial charge in [0.15, 0.2) is 0 Å². The molecule has 0 amide bonds. The average Bonchev–Trinajstić information content (AvgIpc) is 2.41. The fourth-order valence-electron chi connectivity index (χ4n) is 1.77. The third-order valence-corrected chi connectivity index (χ3v) is 3.22. The van der Waals surface area contributed by atoms with E-state index in [2.05, 4.69) is 39.9 Å². The highest BCUT2D eigenvalue weighted by Crippen LogP contribution is 2.28. The lowest BCUT2D eigenvalue weighted by atomic mass is 10.0. The van der Waals surface area contributed by atoms with Gasteiger partial charge < -0.3 is 10.1 Å². The van der Waals surface area contributed by atoms with Crippen molar-refractivity contribution in [3.05, 3.63) is 0 Å². The zero-order chi connectivity index (χ0) is 10.8. The maximum Gasteiger partial charge on any atom is 0.0707 e. The van der Waals surface area contributed by atoms with Crippen molar-refractivity contribution in [2.75, 3.05) is 6.54 Å². The molecule has 0 bridgehead atoms. The zero-order valence-electron chi connectivity index (χ0n) is 10.3. The first-order valence-electron chi connectivity index (χ1n) is 5.82. The van der Waals surface area contributed by atoms with E-state index in [-0.39, 0.29) is 5.60 Å². The highest BCUT2D eigenvalue weighted by atomic mass is 16.5. The quantitative estimate of drug-likeness (QED) is 0.751. The number of ether oxygens (including phenoxy) is 1. The Labute approximate surface area is 88.4 Å². The smallest absolute Gasteiger partial charge is 0.0707 e. The van der Waals surface area contributed by atoms with Gasteiger partial charge in [0.1, 0.15) is 0 Å². The van der Waals surface area contributed by atoms with Crippen LogP contribution in [0.4, 0.5) is 0 Å². The summed E-state index contributed by atoms with van der Waals surface area (Å²) in [6.07, 6.45) is 2.81. The standard InChI is InChI=1S/C12H25NO/c1-9(2)10(3)13-8-11-6-7-12(4,5)14-11/h9-11,13H,6-8H2,1-5H3. The van der Waals surface area contributed by atoms with E-state index < -0.39 is 0 Å². The van der Waals surface area contributed by atoms with Crippen molar-refractivity contribution in [1.29, 1.82) is 0 Å². The van der Waals surface area contributed by atoms with Crippen LogP contribution in [0, 0.1) is 5.92 Å².